The highest BCUT2D eigenvalue weighted by atomic mass is 32.1. The average Bonchev–Trinajstić information content (AvgIpc) is 2.96. The van der Waals surface area contributed by atoms with Crippen molar-refractivity contribution in [2.75, 3.05) is 0 Å². The van der Waals surface area contributed by atoms with E-state index in [9.17, 15) is 19.5 Å². The number of aliphatic hydroxyl groups is 1. The van der Waals surface area contributed by atoms with Gasteiger partial charge in [-0.25, -0.2) is 4.79 Å². The van der Waals surface area contributed by atoms with Gasteiger partial charge in [-0.15, -0.1) is 11.3 Å². The van der Waals surface area contributed by atoms with Crippen LogP contribution in [0.5, 0.6) is 0 Å². The first-order chi connectivity index (χ1) is 9.95. The second-order valence-electron chi connectivity index (χ2n) is 3.96. The number of nitrogens with zero attached hydrogens (tertiary/aromatic N) is 3. The number of ketones is 1. The average molecular weight is 312 g/mol. The van der Waals surface area contributed by atoms with Crippen LogP contribution in [0.25, 0.3) is 5.53 Å². The Balaban J connectivity index is 2.61. The molecule has 0 saturated carbocycles. The second kappa shape index (κ2) is 8.00. The fourth-order valence-electron chi connectivity index (χ4n) is 1.41. The lowest BCUT2D eigenvalue weighted by Gasteiger charge is -2.15. The summed E-state index contributed by atoms with van der Waals surface area (Å²) in [6.45, 7) is 0. The summed E-state index contributed by atoms with van der Waals surface area (Å²) < 4.78 is 0. The van der Waals surface area contributed by atoms with Gasteiger partial charge < -0.3 is 21.1 Å². The summed E-state index contributed by atoms with van der Waals surface area (Å²) in [4.78, 5) is 40.4. The summed E-state index contributed by atoms with van der Waals surface area (Å²) in [6.07, 6.45) is 0.00652. The SMILES string of the molecule is [N-]=[N+]=CC(=O)CC[C@H](NC(=O)[C@@H](O)c1cncs1)C(=O)O. The first kappa shape index (κ1) is 16.6. The lowest BCUT2D eigenvalue weighted by Crippen LogP contribution is -2.43. The summed E-state index contributed by atoms with van der Waals surface area (Å²) >= 11 is 1.05. The number of nitrogens with one attached hydrogen (secondary N) is 1. The van der Waals surface area contributed by atoms with E-state index in [1.165, 1.54) is 11.7 Å². The molecule has 1 aromatic heterocycles. The predicted octanol–water partition coefficient (Wildman–Crippen LogP) is -0.604. The van der Waals surface area contributed by atoms with Gasteiger partial charge in [-0.1, -0.05) is 0 Å². The Hall–Kier alpha value is -2.42. The molecule has 112 valence electrons. The molecule has 0 fully saturated rings. The molecule has 1 aromatic rings. The number of aliphatic carboxylic acids is 1. The molecule has 1 heterocycles. The molecule has 0 aliphatic rings. The molecule has 0 saturated heterocycles. The molecule has 10 heteroatoms. The summed E-state index contributed by atoms with van der Waals surface area (Å²) in [5.41, 5.74) is 9.58. The van der Waals surface area contributed by atoms with Crippen LogP contribution >= 0.6 is 11.3 Å². The van der Waals surface area contributed by atoms with Gasteiger partial charge in [-0.2, -0.15) is 4.79 Å². The van der Waals surface area contributed by atoms with E-state index in [1.807, 2.05) is 0 Å². The number of hydrogen-bond acceptors (Lipinski definition) is 6. The van der Waals surface area contributed by atoms with Crippen molar-refractivity contribution in [1.29, 1.82) is 0 Å². The molecule has 0 aliphatic carbocycles. The van der Waals surface area contributed by atoms with Crippen LogP contribution in [0.2, 0.25) is 0 Å². The molecule has 0 radical (unpaired) electrons. The maximum Gasteiger partial charge on any atom is 0.326 e. The first-order valence-electron chi connectivity index (χ1n) is 5.75. The number of aromatic nitrogens is 1. The third-order valence-electron chi connectivity index (χ3n) is 2.46. The Kier molecular flexibility index (Phi) is 6.34. The normalized spacial score (nSPS) is 12.8. The molecule has 0 aliphatic heterocycles. The van der Waals surface area contributed by atoms with Crippen LogP contribution < -0.4 is 5.32 Å². The van der Waals surface area contributed by atoms with E-state index in [4.69, 9.17) is 10.6 Å². The van der Waals surface area contributed by atoms with Gasteiger partial charge in [0.15, 0.2) is 6.10 Å². The number of amides is 1. The molecular formula is C11H12N4O5S. The summed E-state index contributed by atoms with van der Waals surface area (Å²) in [5, 5.41) is 20.8. The highest BCUT2D eigenvalue weighted by molar-refractivity contribution is 7.09. The van der Waals surface area contributed by atoms with Crippen molar-refractivity contribution >= 4 is 35.2 Å². The van der Waals surface area contributed by atoms with Crippen LogP contribution in [0, 0.1) is 0 Å². The van der Waals surface area contributed by atoms with Crippen LogP contribution in [0.4, 0.5) is 0 Å². The van der Waals surface area contributed by atoms with Crippen molar-refractivity contribution in [2.45, 2.75) is 25.0 Å². The highest BCUT2D eigenvalue weighted by Gasteiger charge is 2.26. The molecule has 2 atom stereocenters. The fraction of sp³-hybridized carbons (Fsp3) is 0.364. The number of carboxylic acids is 1. The van der Waals surface area contributed by atoms with E-state index in [-0.39, 0.29) is 17.7 Å². The molecule has 1 amide bonds. The Morgan fingerprint density at radius 2 is 2.24 bits per heavy atom. The number of thiazole rings is 1. The molecule has 0 spiro atoms. The van der Waals surface area contributed by atoms with E-state index < -0.39 is 29.8 Å². The lowest BCUT2D eigenvalue weighted by atomic mass is 10.1. The monoisotopic (exact) mass is 312 g/mol. The van der Waals surface area contributed by atoms with Gasteiger partial charge in [-0.05, 0) is 6.42 Å². The second-order valence-corrected chi connectivity index (χ2v) is 4.87. The largest absolute Gasteiger partial charge is 0.480 e. The molecule has 0 bridgehead atoms. The smallest absolute Gasteiger partial charge is 0.326 e. The third-order valence-corrected chi connectivity index (χ3v) is 3.29. The van der Waals surface area contributed by atoms with Crippen LogP contribution in [0.15, 0.2) is 11.7 Å². The minimum absolute atomic E-state index is 0.193. The molecule has 0 aromatic carbocycles. The summed E-state index contributed by atoms with van der Waals surface area (Å²) in [5.74, 6) is -2.82. The number of carboxylic acid groups (broad SMARTS) is 1. The van der Waals surface area contributed by atoms with Gasteiger partial charge in [0.2, 0.25) is 5.78 Å². The molecule has 3 N–H and O–H groups in total. The number of carbonyl (C=O) groups excluding carboxylic acids is 2. The zero-order valence-electron chi connectivity index (χ0n) is 10.7. The van der Waals surface area contributed by atoms with Crippen molar-refractivity contribution in [3.63, 3.8) is 0 Å². The Bertz CT molecular complexity index is 567. The van der Waals surface area contributed by atoms with Gasteiger partial charge in [-0.3, -0.25) is 14.6 Å². The number of Topliss-reactive ketones (excluding diaryl/α,β-unsaturated/α-hetero) is 1. The summed E-state index contributed by atoms with van der Waals surface area (Å²) in [6, 6.07) is -1.34. The number of carbonyl (C=O) groups is 3. The first-order valence-corrected chi connectivity index (χ1v) is 6.63. The topological polar surface area (TPSA) is 153 Å². The molecule has 9 nitrogen and oxygen atoms in total. The Morgan fingerprint density at radius 1 is 1.52 bits per heavy atom. The van der Waals surface area contributed by atoms with Gasteiger partial charge in [0.05, 0.1) is 10.4 Å². The van der Waals surface area contributed by atoms with E-state index in [0.717, 1.165) is 11.3 Å². The maximum absolute atomic E-state index is 11.7. The van der Waals surface area contributed by atoms with Gasteiger partial charge in [0.25, 0.3) is 5.91 Å². The number of aliphatic hydroxyl groups excluding tert-OH is 1. The maximum atomic E-state index is 11.7. The van der Waals surface area contributed by atoms with E-state index in [1.54, 1.807) is 0 Å². The predicted molar refractivity (Wildman–Crippen MR) is 70.6 cm³/mol. The third kappa shape index (κ3) is 5.22. The number of hydrogen-bond donors (Lipinski definition) is 3. The quantitative estimate of drug-likeness (QED) is 0.331. The van der Waals surface area contributed by atoms with E-state index in [0.29, 0.717) is 6.21 Å². The Labute approximate surface area is 122 Å². The lowest BCUT2D eigenvalue weighted by molar-refractivity contribution is -0.143. The van der Waals surface area contributed by atoms with Crippen LogP contribution in [-0.4, -0.2) is 49.9 Å². The zero-order chi connectivity index (χ0) is 15.8. The highest BCUT2D eigenvalue weighted by Crippen LogP contribution is 2.17. The zero-order valence-corrected chi connectivity index (χ0v) is 11.5. The molecule has 0 unspecified atom stereocenters. The standard InChI is InChI=1S/C11H12N4O5S/c12-14-3-6(16)1-2-7(11(19)20)15-10(18)9(17)8-4-13-5-21-8/h3-5,7,9,17H,1-2H2,(H,15,18)(H,19,20)/t7-,9-/m0/s1. The molecule has 1 rings (SSSR count). The van der Waals surface area contributed by atoms with Crippen LogP contribution in [-0.2, 0) is 14.4 Å². The van der Waals surface area contributed by atoms with Crippen molar-refractivity contribution in [1.82, 2.24) is 10.3 Å². The van der Waals surface area contributed by atoms with Crippen molar-refractivity contribution in [3.8, 4) is 0 Å². The van der Waals surface area contributed by atoms with Crippen molar-refractivity contribution < 1.29 is 29.4 Å². The van der Waals surface area contributed by atoms with Gasteiger partial charge >= 0.3 is 12.2 Å². The molecular weight excluding hydrogens is 300 g/mol. The van der Waals surface area contributed by atoms with Crippen LogP contribution in [0.1, 0.15) is 23.8 Å². The van der Waals surface area contributed by atoms with Crippen molar-refractivity contribution in [3.05, 3.63) is 22.1 Å². The summed E-state index contributed by atoms with van der Waals surface area (Å²) in [7, 11) is 0. The van der Waals surface area contributed by atoms with Crippen LogP contribution in [0.3, 0.4) is 0 Å². The molecule has 21 heavy (non-hydrogen) atoms. The van der Waals surface area contributed by atoms with Gasteiger partial charge in [0, 0.05) is 12.6 Å². The fourth-order valence-corrected chi connectivity index (χ4v) is 2.01. The Morgan fingerprint density at radius 3 is 2.76 bits per heavy atom. The van der Waals surface area contributed by atoms with Crippen molar-refractivity contribution in [2.24, 2.45) is 0 Å². The van der Waals surface area contributed by atoms with E-state index >= 15 is 0 Å². The minimum atomic E-state index is -1.52. The minimum Gasteiger partial charge on any atom is -0.480 e. The number of rotatable bonds is 8. The van der Waals surface area contributed by atoms with Gasteiger partial charge in [0.1, 0.15) is 6.04 Å². The van der Waals surface area contributed by atoms with E-state index in [2.05, 4.69) is 15.1 Å².